The van der Waals surface area contributed by atoms with Crippen LogP contribution in [0.4, 0.5) is 11.4 Å². The Bertz CT molecular complexity index is 962. The summed E-state index contributed by atoms with van der Waals surface area (Å²) in [4.78, 5) is 26.8. The fourth-order valence-corrected chi connectivity index (χ4v) is 2.81. The van der Waals surface area contributed by atoms with Crippen LogP contribution in [0, 0.1) is 0 Å². The molecule has 0 radical (unpaired) electrons. The predicted octanol–water partition coefficient (Wildman–Crippen LogP) is 2.28. The summed E-state index contributed by atoms with van der Waals surface area (Å²) in [6, 6.07) is 14.6. The van der Waals surface area contributed by atoms with Crippen LogP contribution in [0.5, 0.6) is 0 Å². The third kappa shape index (κ3) is 3.72. The number of rotatable bonds is 6. The van der Waals surface area contributed by atoms with Gasteiger partial charge in [0.1, 0.15) is 12.1 Å². The van der Waals surface area contributed by atoms with Crippen molar-refractivity contribution < 1.29 is 4.79 Å². The van der Waals surface area contributed by atoms with Gasteiger partial charge in [0.15, 0.2) is 0 Å². The van der Waals surface area contributed by atoms with Gasteiger partial charge in [-0.15, -0.1) is 5.10 Å². The van der Waals surface area contributed by atoms with E-state index in [1.165, 1.54) is 0 Å². The van der Waals surface area contributed by atoms with Gasteiger partial charge in [-0.25, -0.2) is 4.68 Å². The molecule has 0 aliphatic carbocycles. The topological polar surface area (TPSA) is 80.1 Å². The van der Waals surface area contributed by atoms with Crippen LogP contribution in [0.25, 0.3) is 10.9 Å². The molecule has 7 nitrogen and oxygen atoms in total. The zero-order valence-electron chi connectivity index (χ0n) is 14.8. The van der Waals surface area contributed by atoms with Crippen molar-refractivity contribution in [1.82, 2.24) is 15.0 Å². The number of benzene rings is 2. The predicted molar refractivity (Wildman–Crippen MR) is 102 cm³/mol. The van der Waals surface area contributed by atoms with E-state index in [2.05, 4.69) is 34.4 Å². The average molecular weight is 351 g/mol. The first-order valence-electron chi connectivity index (χ1n) is 8.59. The smallest absolute Gasteiger partial charge is 0.278 e. The van der Waals surface area contributed by atoms with Crippen molar-refractivity contribution in [2.24, 2.45) is 0 Å². The van der Waals surface area contributed by atoms with Crippen molar-refractivity contribution in [2.45, 2.75) is 20.4 Å². The van der Waals surface area contributed by atoms with Crippen LogP contribution in [0.15, 0.2) is 53.3 Å². The first-order valence-corrected chi connectivity index (χ1v) is 8.59. The minimum absolute atomic E-state index is 0.186. The monoisotopic (exact) mass is 351 g/mol. The number of carbonyl (C=O) groups excluding carboxylic acids is 1. The second-order valence-electron chi connectivity index (χ2n) is 5.84. The zero-order valence-corrected chi connectivity index (χ0v) is 14.8. The summed E-state index contributed by atoms with van der Waals surface area (Å²) in [5.41, 5.74) is 1.96. The highest BCUT2D eigenvalue weighted by atomic mass is 16.2. The Morgan fingerprint density at radius 3 is 2.46 bits per heavy atom. The van der Waals surface area contributed by atoms with Gasteiger partial charge >= 0.3 is 0 Å². The first-order chi connectivity index (χ1) is 12.6. The van der Waals surface area contributed by atoms with E-state index in [4.69, 9.17) is 0 Å². The van der Waals surface area contributed by atoms with Crippen LogP contribution in [-0.2, 0) is 11.3 Å². The molecule has 134 valence electrons. The van der Waals surface area contributed by atoms with Crippen molar-refractivity contribution in [1.29, 1.82) is 0 Å². The van der Waals surface area contributed by atoms with Crippen LogP contribution in [0.1, 0.15) is 13.8 Å². The molecule has 0 atom stereocenters. The summed E-state index contributed by atoms with van der Waals surface area (Å²) in [5.74, 6) is -0.327. The Balaban J connectivity index is 1.71. The fourth-order valence-electron chi connectivity index (χ4n) is 2.81. The van der Waals surface area contributed by atoms with Crippen molar-refractivity contribution in [3.8, 4) is 0 Å². The number of hydrogen-bond donors (Lipinski definition) is 1. The molecule has 1 N–H and O–H groups in total. The molecule has 0 spiro atoms. The number of fused-ring (bicyclic) bond motifs is 1. The Hall–Kier alpha value is -3.22. The van der Waals surface area contributed by atoms with Gasteiger partial charge in [0.25, 0.3) is 5.56 Å². The van der Waals surface area contributed by atoms with E-state index in [1.807, 2.05) is 24.3 Å². The third-order valence-electron chi connectivity index (χ3n) is 4.20. The lowest BCUT2D eigenvalue weighted by Gasteiger charge is -2.21. The number of anilines is 2. The molecule has 1 amide bonds. The van der Waals surface area contributed by atoms with Gasteiger partial charge in [-0.05, 0) is 50.2 Å². The van der Waals surface area contributed by atoms with Gasteiger partial charge in [-0.2, -0.15) is 0 Å². The Labute approximate surface area is 151 Å². The van der Waals surface area contributed by atoms with Gasteiger partial charge in [-0.1, -0.05) is 17.3 Å². The molecule has 3 rings (SSSR count). The van der Waals surface area contributed by atoms with Crippen molar-refractivity contribution in [2.75, 3.05) is 23.3 Å². The van der Waals surface area contributed by atoms with Gasteiger partial charge in [-0.3, -0.25) is 9.59 Å². The second-order valence-corrected chi connectivity index (χ2v) is 5.84. The highest BCUT2D eigenvalue weighted by molar-refractivity contribution is 5.90. The van der Waals surface area contributed by atoms with E-state index >= 15 is 0 Å². The summed E-state index contributed by atoms with van der Waals surface area (Å²) in [6.45, 7) is 5.86. The van der Waals surface area contributed by atoms with E-state index < -0.39 is 0 Å². The summed E-state index contributed by atoms with van der Waals surface area (Å²) < 4.78 is 1.07. The van der Waals surface area contributed by atoms with Gasteiger partial charge in [0.2, 0.25) is 5.91 Å². The lowest BCUT2D eigenvalue weighted by Crippen LogP contribution is -2.30. The molecule has 0 fully saturated rings. The van der Waals surface area contributed by atoms with Crippen LogP contribution >= 0.6 is 0 Å². The number of amides is 1. The van der Waals surface area contributed by atoms with Crippen LogP contribution in [0.3, 0.4) is 0 Å². The Kier molecular flexibility index (Phi) is 5.26. The maximum absolute atomic E-state index is 12.4. The minimum atomic E-state index is -0.331. The molecule has 1 aromatic heterocycles. The second kappa shape index (κ2) is 7.77. The fraction of sp³-hybridized carbons (Fsp3) is 0.263. The Morgan fingerprint density at radius 1 is 1.08 bits per heavy atom. The summed E-state index contributed by atoms with van der Waals surface area (Å²) in [6.07, 6.45) is 0. The quantitative estimate of drug-likeness (QED) is 0.737. The molecule has 2 aromatic carbocycles. The number of carbonyl (C=O) groups is 1. The molecular formula is C19H21N5O2. The maximum Gasteiger partial charge on any atom is 0.278 e. The third-order valence-corrected chi connectivity index (χ3v) is 4.20. The molecule has 0 unspecified atom stereocenters. The van der Waals surface area contributed by atoms with Crippen LogP contribution in [-0.4, -0.2) is 34.0 Å². The molecule has 0 aliphatic rings. The van der Waals surface area contributed by atoms with Gasteiger partial charge in [0.05, 0.1) is 5.39 Å². The highest BCUT2D eigenvalue weighted by Gasteiger charge is 2.10. The largest absolute Gasteiger partial charge is 0.372 e. The van der Waals surface area contributed by atoms with Gasteiger partial charge < -0.3 is 10.2 Å². The molecule has 0 bridgehead atoms. The normalized spacial score (nSPS) is 10.7. The van der Waals surface area contributed by atoms with Crippen molar-refractivity contribution >= 4 is 28.2 Å². The number of nitrogens with one attached hydrogen (secondary N) is 1. The molecule has 26 heavy (non-hydrogen) atoms. The van der Waals surface area contributed by atoms with Crippen molar-refractivity contribution in [3.63, 3.8) is 0 Å². The maximum atomic E-state index is 12.4. The molecule has 1 heterocycles. The molecule has 0 saturated heterocycles. The zero-order chi connectivity index (χ0) is 18.5. The summed E-state index contributed by atoms with van der Waals surface area (Å²) >= 11 is 0. The SMILES string of the molecule is CCN(CC)c1ccc(NC(=O)Cn2nnc3ccccc3c2=O)cc1. The van der Waals surface area contributed by atoms with E-state index in [0.717, 1.165) is 23.5 Å². The van der Waals surface area contributed by atoms with E-state index in [0.29, 0.717) is 16.6 Å². The number of nitrogens with zero attached hydrogens (tertiary/aromatic N) is 4. The van der Waals surface area contributed by atoms with Crippen LogP contribution in [0.2, 0.25) is 0 Å². The standard InChI is InChI=1S/C19H21N5O2/c1-3-23(4-2)15-11-9-14(10-12-15)20-18(25)13-24-19(26)16-7-5-6-8-17(16)21-22-24/h5-12H,3-4,13H2,1-2H3,(H,20,25). The van der Waals surface area contributed by atoms with E-state index in [1.54, 1.807) is 24.3 Å². The molecule has 7 heteroatoms. The Morgan fingerprint density at radius 2 is 1.77 bits per heavy atom. The first kappa shape index (κ1) is 17.6. The lowest BCUT2D eigenvalue weighted by atomic mass is 10.2. The summed E-state index contributed by atoms with van der Waals surface area (Å²) in [7, 11) is 0. The molecular weight excluding hydrogens is 330 g/mol. The van der Waals surface area contributed by atoms with Crippen molar-refractivity contribution in [3.05, 3.63) is 58.9 Å². The minimum Gasteiger partial charge on any atom is -0.372 e. The van der Waals surface area contributed by atoms with E-state index in [-0.39, 0.29) is 18.0 Å². The van der Waals surface area contributed by atoms with Crippen LogP contribution < -0.4 is 15.8 Å². The van der Waals surface area contributed by atoms with Gasteiger partial charge in [0, 0.05) is 24.5 Å². The lowest BCUT2D eigenvalue weighted by molar-refractivity contribution is -0.117. The molecule has 0 saturated carbocycles. The molecule has 3 aromatic rings. The van der Waals surface area contributed by atoms with E-state index in [9.17, 15) is 9.59 Å². The number of hydrogen-bond acceptors (Lipinski definition) is 5. The highest BCUT2D eigenvalue weighted by Crippen LogP contribution is 2.17. The number of aromatic nitrogens is 3. The average Bonchev–Trinajstić information content (AvgIpc) is 2.66. The molecule has 0 aliphatic heterocycles. The summed E-state index contributed by atoms with van der Waals surface area (Å²) in [5, 5.41) is 11.0.